The summed E-state index contributed by atoms with van der Waals surface area (Å²) in [6.45, 7) is 0. The van der Waals surface area contributed by atoms with Gasteiger partial charge in [-0.2, -0.15) is 0 Å². The number of para-hydroxylation sites is 2. The molecule has 0 radical (unpaired) electrons. The Bertz CT molecular complexity index is 3970. The number of nitrogens with one attached hydrogen (secondary N) is 2. The number of halogens is 2. The van der Waals surface area contributed by atoms with Gasteiger partial charge < -0.3 is 34.1 Å². The van der Waals surface area contributed by atoms with Crippen molar-refractivity contribution in [2.24, 2.45) is 0 Å². The summed E-state index contributed by atoms with van der Waals surface area (Å²) in [7, 11) is 1.54. The van der Waals surface area contributed by atoms with Crippen molar-refractivity contribution in [1.29, 1.82) is 0 Å². The Hall–Kier alpha value is -6.84. The fourth-order valence-corrected chi connectivity index (χ4v) is 11.8. The van der Waals surface area contributed by atoms with Crippen molar-refractivity contribution in [3.63, 3.8) is 0 Å². The molecule has 4 aliphatic rings. The number of nitrogens with zero attached hydrogens (tertiary/aromatic N) is 3. The smallest absolute Gasteiger partial charge is 0.347 e. The SMILES string of the molecule is CN1C(=O)c2c(c3c4ccccc4n(C4C=C[C@@H](O)C4)c3c3[nH]c4ccc(Br)cc4c23)C1=O.O=C1OC(=O)c2c1c1c3cc(Br)ccc3[nH]c1c1c2c2ccccc2n1C1C=C[C@@H](O)C1.[2HH]. The number of rotatable bonds is 2. The number of carbonyl (C=O) groups is 4. The first kappa shape index (κ1) is 38.6. The Morgan fingerprint density at radius 2 is 1.00 bits per heavy atom. The third-order valence-corrected chi connectivity index (χ3v) is 14.7. The number of benzene rings is 6. The minimum Gasteiger partial charge on any atom is -0.389 e. The van der Waals surface area contributed by atoms with E-state index in [2.05, 4.69) is 51.0 Å². The monoisotopic (exact) mass is 988 g/mol. The molecule has 2 amide bonds. The molecule has 0 saturated heterocycles. The molecule has 0 fully saturated rings. The lowest BCUT2D eigenvalue weighted by molar-refractivity contribution is 0.0444. The quantitative estimate of drug-likeness (QED) is 0.0580. The van der Waals surface area contributed by atoms with Gasteiger partial charge in [0.1, 0.15) is 0 Å². The van der Waals surface area contributed by atoms with Crippen molar-refractivity contribution < 1.29 is 35.6 Å². The van der Waals surface area contributed by atoms with Gasteiger partial charge in [-0.25, -0.2) is 9.59 Å². The largest absolute Gasteiger partial charge is 0.389 e. The molecule has 4 aromatic heterocycles. The predicted octanol–water partition coefficient (Wildman–Crippen LogP) is 10.9. The number of H-pyrrole nitrogens is 2. The second kappa shape index (κ2) is 13.6. The van der Waals surface area contributed by atoms with Crippen LogP contribution in [0.25, 0.3) is 87.2 Å². The number of fused-ring (bicyclic) bond motifs is 20. The van der Waals surface area contributed by atoms with Crippen LogP contribution in [0.4, 0.5) is 0 Å². The minimum atomic E-state index is -0.620. The highest BCUT2D eigenvalue weighted by Gasteiger charge is 2.41. The molecule has 2 aliphatic carbocycles. The van der Waals surface area contributed by atoms with E-state index in [1.54, 1.807) is 13.1 Å². The summed E-state index contributed by atoms with van der Waals surface area (Å²) >= 11 is 7.08. The maximum atomic E-state index is 13.4. The predicted molar refractivity (Wildman–Crippen MR) is 259 cm³/mol. The average Bonchev–Trinajstić information content (AvgIpc) is 4.18. The number of hydrogen-bond acceptors (Lipinski definition) is 7. The van der Waals surface area contributed by atoms with Crippen LogP contribution < -0.4 is 0 Å². The van der Waals surface area contributed by atoms with Crippen molar-refractivity contribution in [1.82, 2.24) is 24.0 Å². The molecule has 6 heterocycles. The number of aromatic nitrogens is 4. The molecule has 4 N–H and O–H groups in total. The number of imide groups is 1. The lowest BCUT2D eigenvalue weighted by Crippen LogP contribution is -2.24. The summed E-state index contributed by atoms with van der Waals surface area (Å²) in [5, 5.41) is 26.9. The summed E-state index contributed by atoms with van der Waals surface area (Å²) in [5.74, 6) is -1.80. The van der Waals surface area contributed by atoms with Crippen LogP contribution in [0.1, 0.15) is 67.8 Å². The second-order valence-electron chi connectivity index (χ2n) is 17.2. The fraction of sp³-hybridized carbons (Fsp3) is 0.137. The summed E-state index contributed by atoms with van der Waals surface area (Å²) in [4.78, 5) is 60.9. The number of aromatic amines is 2. The van der Waals surface area contributed by atoms with E-state index < -0.39 is 24.1 Å². The number of carbonyl (C=O) groups excluding carboxylic acids is 4. The molecule has 14 rings (SSSR count). The first-order chi connectivity index (χ1) is 31.5. The number of aliphatic hydroxyl groups excluding tert-OH is 2. The Kier molecular flexibility index (Phi) is 8.07. The number of aliphatic hydroxyl groups is 2. The van der Waals surface area contributed by atoms with Crippen molar-refractivity contribution in [2.75, 3.05) is 7.05 Å². The topological polar surface area (TPSA) is 163 Å². The normalized spacial score (nSPS) is 20.4. The molecule has 10 aromatic rings. The van der Waals surface area contributed by atoms with Crippen molar-refractivity contribution in [3.8, 4) is 0 Å². The molecule has 4 atom stereocenters. The molecule has 6 aromatic carbocycles. The zero-order valence-electron chi connectivity index (χ0n) is 34.1. The molecule has 12 nitrogen and oxygen atoms in total. The van der Waals surface area contributed by atoms with Crippen molar-refractivity contribution in [3.05, 3.63) is 140 Å². The van der Waals surface area contributed by atoms with Crippen LogP contribution in [0, 0.1) is 0 Å². The number of hydrogen-bond donors (Lipinski definition) is 4. The van der Waals surface area contributed by atoms with Gasteiger partial charge in [-0.3, -0.25) is 14.5 Å². The van der Waals surface area contributed by atoms with Gasteiger partial charge in [0.15, 0.2) is 0 Å². The molecule has 320 valence electrons. The van der Waals surface area contributed by atoms with Crippen LogP contribution in [0.3, 0.4) is 0 Å². The van der Waals surface area contributed by atoms with Crippen LogP contribution in [0.2, 0.25) is 0 Å². The van der Waals surface area contributed by atoms with Crippen LogP contribution >= 0.6 is 31.9 Å². The van der Waals surface area contributed by atoms with Gasteiger partial charge in [-0.1, -0.05) is 92.6 Å². The minimum absolute atomic E-state index is 0. The number of amides is 2. The van der Waals surface area contributed by atoms with Crippen LogP contribution in [0.5, 0.6) is 0 Å². The standard InChI is InChI=1S/C26H18BrN3O3.C25H15BrN2O4.H2/c1-29-25(32)21-19-16-10-12(27)6-9-17(16)28-23(19)24-20(22(21)26(29)33)15-4-2-3-5-18(15)30(24)13-7-8-14(31)11-13;26-11-5-8-16-15(9-11)18-20-21(25(31)32-24(20)30)19-14-3-1-2-4-17(14)28(23(19)22(18)27-16)12-6-7-13(29)10-12;/h2-10,13-14,28,31H,11H2,1H3;1-9,12-13,27,29H,10H2;1H/t13?,14-;12?,13-;/m11./s1/i;;1+1. The number of allylic oxidation sites excluding steroid dienone is 2. The van der Waals surface area contributed by atoms with E-state index in [1.165, 1.54) is 4.90 Å². The van der Waals surface area contributed by atoms with E-state index in [1.807, 2.05) is 103 Å². The van der Waals surface area contributed by atoms with E-state index in [9.17, 15) is 29.4 Å². The Labute approximate surface area is 385 Å². The molecule has 2 aliphatic heterocycles. The molecular formula is C51H35Br2N5O7. The van der Waals surface area contributed by atoms with Gasteiger partial charge in [-0.05, 0) is 48.5 Å². The first-order valence-electron chi connectivity index (χ1n) is 21.2. The molecular weight excluding hydrogens is 954 g/mol. The zero-order valence-corrected chi connectivity index (χ0v) is 37.3. The van der Waals surface area contributed by atoms with Gasteiger partial charge in [0, 0.05) is 95.4 Å². The highest BCUT2D eigenvalue weighted by atomic mass is 79.9. The lowest BCUT2D eigenvalue weighted by atomic mass is 9.96. The van der Waals surface area contributed by atoms with Crippen molar-refractivity contribution in [2.45, 2.75) is 37.1 Å². The van der Waals surface area contributed by atoms with E-state index in [0.717, 1.165) is 85.4 Å². The maximum absolute atomic E-state index is 13.4. The molecule has 14 heteroatoms. The Morgan fingerprint density at radius 3 is 1.48 bits per heavy atom. The van der Waals surface area contributed by atoms with Gasteiger partial charge in [-0.15, -0.1) is 0 Å². The van der Waals surface area contributed by atoms with Crippen LogP contribution in [-0.4, -0.2) is 77.2 Å². The highest BCUT2D eigenvalue weighted by Crippen LogP contribution is 2.49. The number of ether oxygens (including phenoxy) is 1. The number of cyclic esters (lactones) is 2. The van der Waals surface area contributed by atoms with E-state index >= 15 is 0 Å². The van der Waals surface area contributed by atoms with Gasteiger partial charge in [0.05, 0.1) is 68.6 Å². The lowest BCUT2D eigenvalue weighted by Gasteiger charge is -2.16. The van der Waals surface area contributed by atoms with Gasteiger partial charge >= 0.3 is 11.9 Å². The van der Waals surface area contributed by atoms with Gasteiger partial charge in [0.2, 0.25) is 0 Å². The molecule has 0 spiro atoms. The second-order valence-corrected chi connectivity index (χ2v) is 19.0. The zero-order chi connectivity index (χ0) is 44.3. The summed E-state index contributed by atoms with van der Waals surface area (Å²) in [5.41, 5.74) is 8.56. The third-order valence-electron chi connectivity index (χ3n) is 13.7. The maximum Gasteiger partial charge on any atom is 0.347 e. The average molecular weight is 991 g/mol. The first-order valence-corrected chi connectivity index (χ1v) is 22.8. The fourth-order valence-electron chi connectivity index (χ4n) is 11.1. The Balaban J connectivity index is 0.000000136. The number of esters is 2. The highest BCUT2D eigenvalue weighted by molar-refractivity contribution is 9.10. The third kappa shape index (κ3) is 5.18. The Morgan fingerprint density at radius 1 is 0.569 bits per heavy atom. The van der Waals surface area contributed by atoms with E-state index in [0.29, 0.717) is 45.9 Å². The van der Waals surface area contributed by atoms with E-state index in [4.69, 9.17) is 4.74 Å². The molecule has 2 unspecified atom stereocenters. The van der Waals surface area contributed by atoms with Crippen molar-refractivity contribution >= 4 is 143 Å². The summed E-state index contributed by atoms with van der Waals surface area (Å²) in [6.07, 6.45) is 7.71. The van der Waals surface area contributed by atoms with E-state index in [-0.39, 0.29) is 25.3 Å². The molecule has 65 heavy (non-hydrogen) atoms. The van der Waals surface area contributed by atoms with Crippen LogP contribution in [-0.2, 0) is 4.74 Å². The summed E-state index contributed by atoms with van der Waals surface area (Å²) < 4.78 is 11.3. The summed E-state index contributed by atoms with van der Waals surface area (Å²) in [6, 6.07) is 27.4. The molecule has 0 saturated carbocycles. The molecule has 0 bridgehead atoms. The van der Waals surface area contributed by atoms with Crippen LogP contribution in [0.15, 0.2) is 118 Å². The van der Waals surface area contributed by atoms with Gasteiger partial charge in [0.25, 0.3) is 11.8 Å².